The van der Waals surface area contributed by atoms with Crippen molar-refractivity contribution in [3.63, 3.8) is 0 Å². The summed E-state index contributed by atoms with van der Waals surface area (Å²) >= 11 is 1.21. The van der Waals surface area contributed by atoms with E-state index in [4.69, 9.17) is 0 Å². The van der Waals surface area contributed by atoms with E-state index in [1.54, 1.807) is 0 Å². The van der Waals surface area contributed by atoms with Crippen molar-refractivity contribution in [2.24, 2.45) is 0 Å². The van der Waals surface area contributed by atoms with Crippen LogP contribution in [0.3, 0.4) is 0 Å². The van der Waals surface area contributed by atoms with Crippen LogP contribution in [0, 0.1) is 0 Å². The maximum Gasteiger partial charge on any atom is 0.218 e. The predicted molar refractivity (Wildman–Crippen MR) is 47.8 cm³/mol. The van der Waals surface area contributed by atoms with Gasteiger partial charge in [0, 0.05) is 18.9 Å². The van der Waals surface area contributed by atoms with E-state index in [-0.39, 0.29) is 0 Å². The van der Waals surface area contributed by atoms with Gasteiger partial charge in [-0.25, -0.2) is 0 Å². The Morgan fingerprint density at radius 1 is 1.70 bits per heavy atom. The minimum absolute atomic E-state index is 0.423. The van der Waals surface area contributed by atoms with Gasteiger partial charge in [-0.05, 0) is 0 Å². The van der Waals surface area contributed by atoms with Gasteiger partial charge in [0.1, 0.15) is 5.78 Å². The van der Waals surface area contributed by atoms with Crippen LogP contribution in [0.2, 0.25) is 4.78 Å². The summed E-state index contributed by atoms with van der Waals surface area (Å²) in [4.78, 5) is 10.9. The molecule has 3 atom stereocenters. The van der Waals surface area contributed by atoms with Gasteiger partial charge in [-0.3, -0.25) is 9.88 Å². The van der Waals surface area contributed by atoms with Crippen LogP contribution in [0.15, 0.2) is 0 Å². The molecule has 0 heterocycles. The molecule has 0 aromatic rings. The highest BCUT2D eigenvalue weighted by molar-refractivity contribution is 7.13. The van der Waals surface area contributed by atoms with E-state index < -0.39 is 0 Å². The SMILES string of the molecule is O=C1CC[CH]([AlH2])C(NP)C1. The fraction of sp³-hybridized carbons (Fsp3) is 0.833. The van der Waals surface area contributed by atoms with Gasteiger partial charge < -0.3 is 0 Å². The quantitative estimate of drug-likeness (QED) is 0.443. The van der Waals surface area contributed by atoms with Gasteiger partial charge >= 0.3 is 0 Å². The summed E-state index contributed by atoms with van der Waals surface area (Å²) in [6, 6.07) is 0.456. The van der Waals surface area contributed by atoms with Crippen molar-refractivity contribution in [1.29, 1.82) is 0 Å². The molecule has 0 radical (unpaired) electrons. The third kappa shape index (κ3) is 2.04. The normalized spacial score (nSPS) is 34.3. The Hall–Kier alpha value is 0.592. The summed E-state index contributed by atoms with van der Waals surface area (Å²) in [7, 11) is 2.51. The molecule has 1 aliphatic rings. The molecule has 0 spiro atoms. The Balaban J connectivity index is 2.45. The predicted octanol–water partition coefficient (Wildman–Crippen LogP) is -0.0907. The van der Waals surface area contributed by atoms with Crippen LogP contribution in [0.1, 0.15) is 19.3 Å². The van der Waals surface area contributed by atoms with Crippen molar-refractivity contribution < 1.29 is 4.79 Å². The van der Waals surface area contributed by atoms with Gasteiger partial charge in [0.2, 0.25) is 16.3 Å². The van der Waals surface area contributed by atoms with E-state index in [0.717, 1.165) is 24.0 Å². The molecule has 1 N–H and O–H groups in total. The first-order chi connectivity index (χ1) is 4.74. The average Bonchev–Trinajstić information content (AvgIpc) is 1.94. The van der Waals surface area contributed by atoms with E-state index in [9.17, 15) is 4.79 Å². The highest BCUT2D eigenvalue weighted by Gasteiger charge is 2.23. The van der Waals surface area contributed by atoms with Gasteiger partial charge in [-0.2, -0.15) is 0 Å². The lowest BCUT2D eigenvalue weighted by Crippen LogP contribution is -2.33. The van der Waals surface area contributed by atoms with E-state index in [1.807, 2.05) is 0 Å². The van der Waals surface area contributed by atoms with Gasteiger partial charge in [0.25, 0.3) is 0 Å². The van der Waals surface area contributed by atoms with Crippen molar-refractivity contribution in [2.45, 2.75) is 30.1 Å². The van der Waals surface area contributed by atoms with Gasteiger partial charge in [-0.15, -0.1) is 0 Å². The summed E-state index contributed by atoms with van der Waals surface area (Å²) in [5.74, 6) is 0.423. The molecule has 10 heavy (non-hydrogen) atoms. The molecule has 0 amide bonds. The molecule has 0 saturated heterocycles. The second kappa shape index (κ2) is 3.83. The largest absolute Gasteiger partial charge is 0.300 e. The molecule has 1 rings (SSSR count). The van der Waals surface area contributed by atoms with E-state index in [0.29, 0.717) is 11.8 Å². The minimum Gasteiger partial charge on any atom is -0.300 e. The minimum atomic E-state index is 0.423. The fourth-order valence-corrected chi connectivity index (χ4v) is 2.91. The maximum atomic E-state index is 10.9. The maximum absolute atomic E-state index is 10.9. The van der Waals surface area contributed by atoms with E-state index >= 15 is 0 Å². The topological polar surface area (TPSA) is 29.1 Å². The number of rotatable bonds is 1. The number of hydrogen-bond acceptors (Lipinski definition) is 2. The fourth-order valence-electron chi connectivity index (χ4n) is 1.36. The zero-order valence-electron chi connectivity index (χ0n) is 6.26. The van der Waals surface area contributed by atoms with Gasteiger partial charge in [0.15, 0.2) is 0 Å². The first-order valence-electron chi connectivity index (χ1n) is 3.72. The first-order valence-corrected chi connectivity index (χ1v) is 5.45. The number of hydrogen-bond donors (Lipinski definition) is 1. The molecule has 2 nitrogen and oxygen atoms in total. The summed E-state index contributed by atoms with van der Waals surface area (Å²) in [6.45, 7) is 0. The van der Waals surface area contributed by atoms with Crippen molar-refractivity contribution in [3.8, 4) is 0 Å². The molecular formula is C6H13AlNOP. The van der Waals surface area contributed by atoms with Crippen LogP contribution in [-0.4, -0.2) is 28.1 Å². The van der Waals surface area contributed by atoms with Crippen LogP contribution < -0.4 is 5.09 Å². The van der Waals surface area contributed by atoms with Crippen molar-refractivity contribution in [2.75, 3.05) is 0 Å². The average molecular weight is 173 g/mol. The molecule has 1 aliphatic carbocycles. The molecule has 1 saturated carbocycles. The van der Waals surface area contributed by atoms with Crippen molar-refractivity contribution in [3.05, 3.63) is 0 Å². The lowest BCUT2D eigenvalue weighted by atomic mass is 9.94. The lowest BCUT2D eigenvalue weighted by Gasteiger charge is -2.27. The van der Waals surface area contributed by atoms with E-state index in [1.165, 1.54) is 16.3 Å². The summed E-state index contributed by atoms with van der Waals surface area (Å²) in [5, 5.41) is 3.11. The molecule has 1 fully saturated rings. The van der Waals surface area contributed by atoms with Crippen LogP contribution in [-0.2, 0) is 4.79 Å². The summed E-state index contributed by atoms with van der Waals surface area (Å²) in [5.41, 5.74) is 0. The molecule has 0 aromatic heterocycles. The van der Waals surface area contributed by atoms with E-state index in [2.05, 4.69) is 14.5 Å². The third-order valence-electron chi connectivity index (χ3n) is 2.23. The number of ketones is 1. The van der Waals surface area contributed by atoms with Gasteiger partial charge in [0.05, 0.1) is 0 Å². The first kappa shape index (κ1) is 8.69. The van der Waals surface area contributed by atoms with Gasteiger partial charge in [-0.1, -0.05) is 20.6 Å². The van der Waals surface area contributed by atoms with Crippen LogP contribution in [0.5, 0.6) is 0 Å². The zero-order valence-corrected chi connectivity index (χ0v) is 9.42. The monoisotopic (exact) mass is 173 g/mol. The Morgan fingerprint density at radius 2 is 2.40 bits per heavy atom. The molecule has 0 aromatic carbocycles. The lowest BCUT2D eigenvalue weighted by molar-refractivity contribution is -0.120. The Labute approximate surface area is 71.8 Å². The Bertz CT molecular complexity index is 142. The highest BCUT2D eigenvalue weighted by Crippen LogP contribution is 2.24. The zero-order chi connectivity index (χ0) is 7.56. The van der Waals surface area contributed by atoms with Crippen LogP contribution in [0.25, 0.3) is 0 Å². The smallest absolute Gasteiger partial charge is 0.218 e. The molecule has 0 aliphatic heterocycles. The van der Waals surface area contributed by atoms with Crippen molar-refractivity contribution >= 4 is 31.5 Å². The second-order valence-corrected chi connectivity index (χ2v) is 4.85. The number of Topliss-reactive ketones (excluding diaryl/α,β-unsaturated/α-hetero) is 1. The van der Waals surface area contributed by atoms with Crippen LogP contribution >= 0.6 is 9.39 Å². The molecule has 3 unspecified atom stereocenters. The Morgan fingerprint density at radius 3 is 2.90 bits per heavy atom. The summed E-state index contributed by atoms with van der Waals surface area (Å²) < 4.78 is 0.787. The number of carbonyl (C=O) groups is 1. The Kier molecular flexibility index (Phi) is 3.33. The standard InChI is InChI=1S/C6H11NOP.Al.2H/c8-6-3-1-2-5(4-6)7-9;;;/h2,5,7H,1,3-4,9H2;;;. The van der Waals surface area contributed by atoms with Crippen molar-refractivity contribution in [1.82, 2.24) is 5.09 Å². The van der Waals surface area contributed by atoms with Crippen LogP contribution in [0.4, 0.5) is 0 Å². The summed E-state index contributed by atoms with van der Waals surface area (Å²) in [6.07, 6.45) is 2.67. The number of carbonyl (C=O) groups excluding carboxylic acids is 1. The molecule has 0 bridgehead atoms. The molecule has 56 valence electrons. The molecule has 4 heteroatoms. The highest BCUT2D eigenvalue weighted by atomic mass is 31.0. The molecular weight excluding hydrogens is 160 g/mol. The second-order valence-electron chi connectivity index (χ2n) is 3.03. The third-order valence-corrected chi connectivity index (χ3v) is 4.04. The number of nitrogens with one attached hydrogen (secondary N) is 1.